The number of nitrogens with zero attached hydrogens (tertiary/aromatic N) is 1. The van der Waals surface area contributed by atoms with E-state index in [1.54, 1.807) is 55.6 Å². The molecule has 0 radical (unpaired) electrons. The molecular weight excluding hydrogens is 378 g/mol. The second-order valence-corrected chi connectivity index (χ2v) is 8.38. The lowest BCUT2D eigenvalue weighted by molar-refractivity contribution is -0.121. The van der Waals surface area contributed by atoms with Gasteiger partial charge in [-0.05, 0) is 35.9 Å². The first kappa shape index (κ1) is 17.7. The van der Waals surface area contributed by atoms with Crippen molar-refractivity contribution in [2.24, 2.45) is 0 Å². The standard InChI is InChI=1S/C17H13NO4S3/c1-18-16(19)15(24-17(18)23)11-12-7-9-13(10-8-12)22-25(20,21)14-5-3-2-4-6-14/h2-11H,1H3/b15-11+. The predicted molar refractivity (Wildman–Crippen MR) is 102 cm³/mol. The SMILES string of the molecule is CN1C(=O)/C(=C\c2ccc(OS(=O)(=O)c3ccccc3)cc2)SC1=S. The maximum atomic E-state index is 12.2. The molecule has 5 nitrogen and oxygen atoms in total. The van der Waals surface area contributed by atoms with E-state index in [4.69, 9.17) is 16.4 Å². The predicted octanol–water partition coefficient (Wildman–Crippen LogP) is 3.29. The molecule has 0 bridgehead atoms. The number of hydrogen-bond donors (Lipinski definition) is 0. The Bertz CT molecular complexity index is 951. The molecule has 1 saturated heterocycles. The summed E-state index contributed by atoms with van der Waals surface area (Å²) in [6.45, 7) is 0. The molecule has 2 aromatic carbocycles. The van der Waals surface area contributed by atoms with Crippen LogP contribution < -0.4 is 4.18 Å². The summed E-state index contributed by atoms with van der Waals surface area (Å²) in [5.74, 6) is 0.0472. The van der Waals surface area contributed by atoms with Crippen LogP contribution in [0.2, 0.25) is 0 Å². The van der Waals surface area contributed by atoms with E-state index in [9.17, 15) is 13.2 Å². The minimum Gasteiger partial charge on any atom is -0.379 e. The van der Waals surface area contributed by atoms with Gasteiger partial charge in [-0.25, -0.2) is 0 Å². The zero-order valence-electron chi connectivity index (χ0n) is 13.1. The first-order valence-electron chi connectivity index (χ1n) is 7.18. The highest BCUT2D eigenvalue weighted by Crippen LogP contribution is 2.31. The Morgan fingerprint density at radius 3 is 2.28 bits per heavy atom. The second kappa shape index (κ2) is 6.99. The fraction of sp³-hybridized carbons (Fsp3) is 0.0588. The number of carbonyl (C=O) groups excluding carboxylic acids is 1. The molecule has 0 aromatic heterocycles. The molecule has 2 aromatic rings. The Hall–Kier alpha value is -2.16. The van der Waals surface area contributed by atoms with Crippen LogP contribution in [0.4, 0.5) is 0 Å². The van der Waals surface area contributed by atoms with Gasteiger partial charge in [0.1, 0.15) is 15.0 Å². The lowest BCUT2D eigenvalue weighted by Gasteiger charge is -2.07. The van der Waals surface area contributed by atoms with E-state index in [1.807, 2.05) is 0 Å². The van der Waals surface area contributed by atoms with Crippen LogP contribution in [0.5, 0.6) is 5.75 Å². The van der Waals surface area contributed by atoms with E-state index in [1.165, 1.54) is 28.8 Å². The van der Waals surface area contributed by atoms with E-state index < -0.39 is 10.1 Å². The molecule has 0 aliphatic carbocycles. The molecule has 1 fully saturated rings. The molecule has 1 aliphatic rings. The quantitative estimate of drug-likeness (QED) is 0.453. The van der Waals surface area contributed by atoms with Crippen LogP contribution in [0, 0.1) is 0 Å². The molecule has 0 N–H and O–H groups in total. The Balaban J connectivity index is 1.77. The van der Waals surface area contributed by atoms with Gasteiger partial charge in [0.2, 0.25) is 0 Å². The van der Waals surface area contributed by atoms with Crippen LogP contribution in [0.25, 0.3) is 6.08 Å². The van der Waals surface area contributed by atoms with Gasteiger partial charge in [0.15, 0.2) is 0 Å². The summed E-state index contributed by atoms with van der Waals surface area (Å²) in [6, 6.07) is 14.4. The second-order valence-electron chi connectivity index (χ2n) is 5.16. The van der Waals surface area contributed by atoms with Crippen molar-refractivity contribution in [3.05, 3.63) is 65.1 Å². The van der Waals surface area contributed by atoms with Gasteiger partial charge in [-0.3, -0.25) is 9.69 Å². The Morgan fingerprint density at radius 2 is 1.72 bits per heavy atom. The maximum Gasteiger partial charge on any atom is 0.339 e. The van der Waals surface area contributed by atoms with Crippen LogP contribution >= 0.6 is 24.0 Å². The minimum absolute atomic E-state index is 0.0886. The number of likely N-dealkylation sites (N-methyl/N-ethyl adjacent to an activating group) is 1. The first-order chi connectivity index (χ1) is 11.9. The summed E-state index contributed by atoms with van der Waals surface area (Å²) < 4.78 is 30.0. The summed E-state index contributed by atoms with van der Waals surface area (Å²) in [7, 11) is -2.24. The third-order valence-electron chi connectivity index (χ3n) is 3.40. The smallest absolute Gasteiger partial charge is 0.339 e. The van der Waals surface area contributed by atoms with Crippen molar-refractivity contribution in [1.29, 1.82) is 0 Å². The third-order valence-corrected chi connectivity index (χ3v) is 6.15. The van der Waals surface area contributed by atoms with Crippen molar-refractivity contribution in [2.75, 3.05) is 7.05 Å². The van der Waals surface area contributed by atoms with Crippen LogP contribution in [0.3, 0.4) is 0 Å². The molecule has 3 rings (SSSR count). The zero-order chi connectivity index (χ0) is 18.0. The van der Waals surface area contributed by atoms with E-state index in [0.717, 1.165) is 5.56 Å². The van der Waals surface area contributed by atoms with Crippen LogP contribution in [0.1, 0.15) is 5.56 Å². The number of thioether (sulfide) groups is 1. The van der Waals surface area contributed by atoms with Crippen molar-refractivity contribution >= 4 is 50.4 Å². The number of carbonyl (C=O) groups is 1. The Kier molecular flexibility index (Phi) is 4.94. The number of benzene rings is 2. The lowest BCUT2D eigenvalue weighted by Crippen LogP contribution is -2.22. The van der Waals surface area contributed by atoms with Gasteiger partial charge in [0.05, 0.1) is 4.91 Å². The van der Waals surface area contributed by atoms with E-state index in [-0.39, 0.29) is 16.6 Å². The molecule has 0 unspecified atom stereocenters. The fourth-order valence-corrected chi connectivity index (χ4v) is 4.21. The highest BCUT2D eigenvalue weighted by Gasteiger charge is 2.28. The van der Waals surface area contributed by atoms with Gasteiger partial charge >= 0.3 is 10.1 Å². The Labute approximate surface area is 155 Å². The van der Waals surface area contributed by atoms with Crippen molar-refractivity contribution in [3.63, 3.8) is 0 Å². The molecule has 128 valence electrons. The van der Waals surface area contributed by atoms with Gasteiger partial charge in [0.25, 0.3) is 5.91 Å². The van der Waals surface area contributed by atoms with Crippen LogP contribution in [-0.2, 0) is 14.9 Å². The normalized spacial score (nSPS) is 16.5. The van der Waals surface area contributed by atoms with E-state index >= 15 is 0 Å². The molecule has 0 spiro atoms. The molecule has 8 heteroatoms. The number of rotatable bonds is 4. The monoisotopic (exact) mass is 391 g/mol. The van der Waals surface area contributed by atoms with Crippen LogP contribution in [0.15, 0.2) is 64.4 Å². The van der Waals surface area contributed by atoms with Gasteiger partial charge in [-0.2, -0.15) is 8.42 Å². The highest BCUT2D eigenvalue weighted by atomic mass is 32.2. The molecule has 1 amide bonds. The molecular formula is C17H13NO4S3. The molecule has 0 atom stereocenters. The minimum atomic E-state index is -3.87. The van der Waals surface area contributed by atoms with E-state index in [0.29, 0.717) is 9.23 Å². The average molecular weight is 391 g/mol. The van der Waals surface area contributed by atoms with Crippen LogP contribution in [-0.4, -0.2) is 30.6 Å². The van der Waals surface area contributed by atoms with E-state index in [2.05, 4.69) is 0 Å². The lowest BCUT2D eigenvalue weighted by atomic mass is 10.2. The van der Waals surface area contributed by atoms with Crippen molar-refractivity contribution in [1.82, 2.24) is 4.90 Å². The topological polar surface area (TPSA) is 63.7 Å². The summed E-state index contributed by atoms with van der Waals surface area (Å²) in [4.78, 5) is 14.0. The van der Waals surface area contributed by atoms with Crippen molar-refractivity contribution in [3.8, 4) is 5.75 Å². The fourth-order valence-electron chi connectivity index (χ4n) is 2.08. The largest absolute Gasteiger partial charge is 0.379 e. The molecule has 0 saturated carbocycles. The number of thiocarbonyl (C=S) groups is 1. The first-order valence-corrected chi connectivity index (χ1v) is 9.81. The molecule has 1 heterocycles. The van der Waals surface area contributed by atoms with Gasteiger partial charge in [-0.1, -0.05) is 54.3 Å². The Morgan fingerprint density at radius 1 is 1.08 bits per heavy atom. The zero-order valence-corrected chi connectivity index (χ0v) is 15.5. The highest BCUT2D eigenvalue weighted by molar-refractivity contribution is 8.26. The third kappa shape index (κ3) is 3.92. The summed E-state index contributed by atoms with van der Waals surface area (Å²) in [6.07, 6.45) is 1.71. The summed E-state index contributed by atoms with van der Waals surface area (Å²) in [5.41, 5.74) is 0.749. The van der Waals surface area contributed by atoms with Crippen molar-refractivity contribution in [2.45, 2.75) is 4.90 Å². The van der Waals surface area contributed by atoms with Gasteiger partial charge in [-0.15, -0.1) is 0 Å². The maximum absolute atomic E-state index is 12.2. The molecule has 1 aliphatic heterocycles. The summed E-state index contributed by atoms with van der Waals surface area (Å²) >= 11 is 6.31. The molecule has 25 heavy (non-hydrogen) atoms. The number of hydrogen-bond acceptors (Lipinski definition) is 6. The van der Waals surface area contributed by atoms with Gasteiger partial charge < -0.3 is 4.18 Å². The van der Waals surface area contributed by atoms with Gasteiger partial charge in [0, 0.05) is 7.05 Å². The van der Waals surface area contributed by atoms with Crippen molar-refractivity contribution < 1.29 is 17.4 Å². The average Bonchev–Trinajstić information content (AvgIpc) is 2.84. The number of amides is 1. The summed E-state index contributed by atoms with van der Waals surface area (Å²) in [5, 5.41) is 0.